The number of rotatable bonds is 3. The van der Waals surface area contributed by atoms with E-state index < -0.39 is 0 Å². The third-order valence-corrected chi connectivity index (χ3v) is 7.69. The number of ether oxygens (including phenoxy) is 1. The lowest BCUT2D eigenvalue weighted by Gasteiger charge is -2.27. The zero-order valence-corrected chi connectivity index (χ0v) is 18.7. The molecule has 3 fully saturated rings. The van der Waals surface area contributed by atoms with Crippen molar-refractivity contribution in [3.63, 3.8) is 0 Å². The summed E-state index contributed by atoms with van der Waals surface area (Å²) in [6.45, 7) is 2.62. The minimum absolute atomic E-state index is 0.285. The van der Waals surface area contributed by atoms with E-state index in [1.54, 1.807) is 19.2 Å². The van der Waals surface area contributed by atoms with Gasteiger partial charge in [0, 0.05) is 47.7 Å². The molecule has 33 heavy (non-hydrogen) atoms. The quantitative estimate of drug-likeness (QED) is 0.412. The first-order chi connectivity index (χ1) is 16.1. The fourth-order valence-electron chi connectivity index (χ4n) is 5.99. The van der Waals surface area contributed by atoms with Crippen molar-refractivity contribution in [3.8, 4) is 17.0 Å². The van der Waals surface area contributed by atoms with Crippen molar-refractivity contribution in [3.05, 3.63) is 42.1 Å². The first-order valence-electron chi connectivity index (χ1n) is 11.9. The van der Waals surface area contributed by atoms with Gasteiger partial charge >= 0.3 is 0 Å². The number of halogens is 2. The molecule has 2 saturated heterocycles. The average molecular weight is 449 g/mol. The summed E-state index contributed by atoms with van der Waals surface area (Å²) in [6, 6.07) is 7.08. The van der Waals surface area contributed by atoms with Crippen LogP contribution in [0, 0.1) is 11.6 Å². The van der Waals surface area contributed by atoms with E-state index in [0.717, 1.165) is 66.4 Å². The Labute approximate surface area is 190 Å². The number of nitrogens with zero attached hydrogens (tertiary/aromatic N) is 4. The first-order valence-corrected chi connectivity index (χ1v) is 11.9. The highest BCUT2D eigenvalue weighted by atomic mass is 19.1. The highest BCUT2D eigenvalue weighted by Crippen LogP contribution is 2.49. The van der Waals surface area contributed by atoms with Crippen molar-refractivity contribution in [2.75, 3.05) is 31.8 Å². The van der Waals surface area contributed by atoms with E-state index in [2.05, 4.69) is 20.6 Å². The van der Waals surface area contributed by atoms with Gasteiger partial charge in [-0.1, -0.05) is 6.42 Å². The van der Waals surface area contributed by atoms with Gasteiger partial charge in [-0.2, -0.15) is 0 Å². The predicted octanol–water partition coefficient (Wildman–Crippen LogP) is 5.55. The molecule has 4 heterocycles. The molecule has 4 aliphatic heterocycles. The van der Waals surface area contributed by atoms with Gasteiger partial charge in [-0.25, -0.2) is 13.8 Å². The van der Waals surface area contributed by atoms with Gasteiger partial charge in [0.15, 0.2) is 11.6 Å². The summed E-state index contributed by atoms with van der Waals surface area (Å²) in [5.41, 5.74) is 3.72. The van der Waals surface area contributed by atoms with Crippen LogP contribution in [0.1, 0.15) is 38.1 Å². The Kier molecular flexibility index (Phi) is 4.16. The van der Waals surface area contributed by atoms with Crippen molar-refractivity contribution in [1.82, 2.24) is 14.5 Å². The standard InChI is InChI=1S/C26H26F2N4O/c1-33-26-24-19(11-21(28)25(26)31-12-17-4-2-3-9-30(17)14-31)23-20(13-32(24)16-6-7-16)18-10-15(27)5-8-22(18)29-23/h5,8,10-11,13,16-17H,2-4,6-7,9,12,14H2,1H3. The normalized spacial score (nSPS) is 21.4. The molecule has 7 heteroatoms. The molecule has 1 saturated carbocycles. The van der Waals surface area contributed by atoms with Crippen LogP contribution in [0.4, 0.5) is 14.5 Å². The monoisotopic (exact) mass is 448 g/mol. The molecule has 2 aromatic carbocycles. The maximum Gasteiger partial charge on any atom is 0.169 e. The lowest BCUT2D eigenvalue weighted by atomic mass is 10.0. The van der Waals surface area contributed by atoms with E-state index >= 15 is 4.39 Å². The van der Waals surface area contributed by atoms with Crippen LogP contribution in [0.15, 0.2) is 30.5 Å². The molecule has 0 aromatic heterocycles. The summed E-state index contributed by atoms with van der Waals surface area (Å²) in [7, 11) is 1.63. The molecule has 0 amide bonds. The van der Waals surface area contributed by atoms with E-state index in [1.807, 2.05) is 0 Å². The smallest absolute Gasteiger partial charge is 0.169 e. The Morgan fingerprint density at radius 1 is 1.03 bits per heavy atom. The maximum absolute atomic E-state index is 15.9. The van der Waals surface area contributed by atoms with Gasteiger partial charge in [-0.05, 0) is 49.9 Å². The van der Waals surface area contributed by atoms with Crippen molar-refractivity contribution < 1.29 is 13.5 Å². The highest BCUT2D eigenvalue weighted by molar-refractivity contribution is 6.09. The second kappa shape index (κ2) is 7.03. The van der Waals surface area contributed by atoms with Crippen LogP contribution in [0.5, 0.6) is 5.75 Å². The molecule has 5 nitrogen and oxygen atoms in total. The molecule has 0 radical (unpaired) electrons. The topological polar surface area (TPSA) is 33.5 Å². The number of hydrogen-bond acceptors (Lipinski definition) is 4. The zero-order valence-electron chi connectivity index (χ0n) is 18.7. The summed E-state index contributed by atoms with van der Waals surface area (Å²) in [4.78, 5) is 9.40. The number of methoxy groups -OCH3 is 1. The van der Waals surface area contributed by atoms with Gasteiger partial charge < -0.3 is 14.2 Å². The maximum atomic E-state index is 15.9. The minimum Gasteiger partial charge on any atom is -0.492 e. The lowest BCUT2D eigenvalue weighted by Crippen LogP contribution is -2.35. The van der Waals surface area contributed by atoms with Crippen molar-refractivity contribution in [1.29, 1.82) is 0 Å². The van der Waals surface area contributed by atoms with Gasteiger partial charge in [0.25, 0.3) is 0 Å². The van der Waals surface area contributed by atoms with Crippen LogP contribution in [0.2, 0.25) is 0 Å². The summed E-state index contributed by atoms with van der Waals surface area (Å²) in [5.74, 6) is 0.00337. The molecular weight excluding hydrogens is 422 g/mol. The molecule has 1 aliphatic carbocycles. The molecule has 0 spiro atoms. The zero-order chi connectivity index (χ0) is 22.3. The number of benzene rings is 2. The van der Waals surface area contributed by atoms with E-state index in [1.165, 1.54) is 25.0 Å². The number of aromatic nitrogens is 2. The van der Waals surface area contributed by atoms with Crippen LogP contribution >= 0.6 is 0 Å². The molecule has 0 N–H and O–H groups in total. The largest absolute Gasteiger partial charge is 0.492 e. The molecule has 7 rings (SSSR count). The summed E-state index contributed by atoms with van der Waals surface area (Å²) in [6.07, 6.45) is 7.82. The van der Waals surface area contributed by atoms with Gasteiger partial charge in [0.2, 0.25) is 0 Å². The second-order valence-electron chi connectivity index (χ2n) is 9.77. The SMILES string of the molecule is COc1c(N2CC3CCCCN3C2)c(F)cc2c3nc4ccc(F)cc4c-3cn(C3CC3)c12. The molecular formula is C26H26F2N4O. The summed E-state index contributed by atoms with van der Waals surface area (Å²) in [5, 5.41) is 1.49. The van der Waals surface area contributed by atoms with Crippen LogP contribution in [-0.4, -0.2) is 47.4 Å². The van der Waals surface area contributed by atoms with Gasteiger partial charge in [-0.15, -0.1) is 0 Å². The Morgan fingerprint density at radius 2 is 1.91 bits per heavy atom. The van der Waals surface area contributed by atoms with E-state index in [4.69, 9.17) is 9.72 Å². The predicted molar refractivity (Wildman–Crippen MR) is 125 cm³/mol. The Morgan fingerprint density at radius 3 is 2.70 bits per heavy atom. The van der Waals surface area contributed by atoms with Crippen LogP contribution in [0.3, 0.4) is 0 Å². The Bertz CT molecular complexity index is 1360. The lowest BCUT2D eigenvalue weighted by molar-refractivity contribution is 0.204. The summed E-state index contributed by atoms with van der Waals surface area (Å²) < 4.78 is 38.1. The number of piperidine rings is 1. The number of fused-ring (bicyclic) bond motifs is 6. The molecule has 5 aliphatic rings. The Hall–Kier alpha value is -2.93. The molecule has 1 atom stereocenters. The van der Waals surface area contributed by atoms with Gasteiger partial charge in [-0.3, -0.25) is 4.90 Å². The van der Waals surface area contributed by atoms with Gasteiger partial charge in [0.05, 0.1) is 30.5 Å². The van der Waals surface area contributed by atoms with Crippen LogP contribution in [-0.2, 0) is 0 Å². The average Bonchev–Trinajstić information content (AvgIpc) is 3.47. The molecule has 170 valence electrons. The number of anilines is 1. The third-order valence-electron chi connectivity index (χ3n) is 7.69. The van der Waals surface area contributed by atoms with Crippen molar-refractivity contribution in [2.45, 2.75) is 44.2 Å². The fourth-order valence-corrected chi connectivity index (χ4v) is 5.99. The second-order valence-corrected chi connectivity index (χ2v) is 9.77. The fraction of sp³-hybridized carbons (Fsp3) is 0.423. The van der Waals surface area contributed by atoms with E-state index in [9.17, 15) is 4.39 Å². The molecule has 0 bridgehead atoms. The van der Waals surface area contributed by atoms with Crippen LogP contribution < -0.4 is 9.64 Å². The third kappa shape index (κ3) is 2.88. The highest BCUT2D eigenvalue weighted by Gasteiger charge is 2.37. The van der Waals surface area contributed by atoms with Crippen molar-refractivity contribution >= 4 is 27.5 Å². The molecule has 2 aromatic rings. The molecule has 1 unspecified atom stereocenters. The first kappa shape index (κ1) is 19.5. The summed E-state index contributed by atoms with van der Waals surface area (Å²) >= 11 is 0. The number of pyridine rings is 1. The minimum atomic E-state index is -0.292. The Balaban J connectivity index is 1.50. The van der Waals surface area contributed by atoms with E-state index in [-0.39, 0.29) is 11.6 Å². The van der Waals surface area contributed by atoms with Crippen molar-refractivity contribution in [2.24, 2.45) is 0 Å². The van der Waals surface area contributed by atoms with Gasteiger partial charge in [0.1, 0.15) is 11.5 Å². The number of hydrogen-bond donors (Lipinski definition) is 0. The van der Waals surface area contributed by atoms with E-state index in [0.29, 0.717) is 29.2 Å². The van der Waals surface area contributed by atoms with Crippen LogP contribution in [0.25, 0.3) is 33.1 Å².